The topological polar surface area (TPSA) is 166 Å². The van der Waals surface area contributed by atoms with Crippen LogP contribution in [0.4, 0.5) is 11.8 Å². The number of ether oxygens (including phenoxy) is 2. The number of rotatable bonds is 9. The van der Waals surface area contributed by atoms with Gasteiger partial charge in [0.1, 0.15) is 23.1 Å². The first kappa shape index (κ1) is 31.1. The van der Waals surface area contributed by atoms with E-state index < -0.39 is 35.1 Å². The van der Waals surface area contributed by atoms with E-state index in [1.54, 1.807) is 47.6 Å². The van der Waals surface area contributed by atoms with E-state index in [2.05, 4.69) is 20.6 Å². The standard InChI is InChI=1S/C28H41N5O6S/c1-15-12-20(40-19(15)10-8-16-13-17-22(30-14-16)32-26(29)33-23(17)35)24(36)31-18(25(37)39-28(5,6)7)9-11-21(34)38-27(2,3)4/h12,16,18H,8-11,13-14H2,1-7H3,(H,31,36)(H4,29,30,32,33,35)/t16-,18-/m0/s1. The number of nitrogens with two attached hydrogens (primary N) is 1. The molecule has 0 saturated heterocycles. The third-order valence-corrected chi connectivity index (χ3v) is 7.46. The highest BCUT2D eigenvalue weighted by atomic mass is 32.1. The zero-order chi connectivity index (χ0) is 29.8. The molecule has 0 aromatic carbocycles. The lowest BCUT2D eigenvalue weighted by Gasteiger charge is -2.25. The molecular weight excluding hydrogens is 534 g/mol. The number of anilines is 2. The van der Waals surface area contributed by atoms with Gasteiger partial charge in [-0.2, -0.15) is 4.98 Å². The first-order chi connectivity index (χ1) is 18.5. The van der Waals surface area contributed by atoms with E-state index >= 15 is 0 Å². The number of carbonyl (C=O) groups excluding carboxylic acids is 3. The van der Waals surface area contributed by atoms with Crippen molar-refractivity contribution in [2.24, 2.45) is 5.92 Å². The normalized spacial score (nSPS) is 15.9. The summed E-state index contributed by atoms with van der Waals surface area (Å²) in [6, 6.07) is 0.806. The lowest BCUT2D eigenvalue weighted by atomic mass is 9.92. The van der Waals surface area contributed by atoms with Gasteiger partial charge in [-0.15, -0.1) is 11.3 Å². The Morgan fingerprint density at radius 3 is 2.50 bits per heavy atom. The van der Waals surface area contributed by atoms with Crippen molar-refractivity contribution in [3.05, 3.63) is 37.3 Å². The molecule has 0 aliphatic carbocycles. The highest BCUT2D eigenvalue weighted by Crippen LogP contribution is 2.28. The second kappa shape index (κ2) is 12.4. The number of fused-ring (bicyclic) bond motifs is 1. The molecule has 0 bridgehead atoms. The maximum Gasteiger partial charge on any atom is 0.329 e. The number of thiophene rings is 1. The van der Waals surface area contributed by atoms with Gasteiger partial charge in [0.25, 0.3) is 11.5 Å². The number of aromatic nitrogens is 2. The van der Waals surface area contributed by atoms with Crippen LogP contribution in [0, 0.1) is 12.8 Å². The van der Waals surface area contributed by atoms with Crippen LogP contribution in [0.2, 0.25) is 0 Å². The Hall–Kier alpha value is -3.41. The van der Waals surface area contributed by atoms with Crippen LogP contribution in [0.15, 0.2) is 10.9 Å². The van der Waals surface area contributed by atoms with Gasteiger partial charge in [-0.25, -0.2) is 4.79 Å². The quantitative estimate of drug-likeness (QED) is 0.327. The number of carbonyl (C=O) groups is 3. The lowest BCUT2D eigenvalue weighted by molar-refractivity contribution is -0.158. The number of esters is 2. The van der Waals surface area contributed by atoms with E-state index in [1.165, 1.54) is 11.3 Å². The molecular formula is C28H41N5O6S. The van der Waals surface area contributed by atoms with Gasteiger partial charge in [0.15, 0.2) is 0 Å². The van der Waals surface area contributed by atoms with Crippen molar-refractivity contribution in [2.45, 2.75) is 97.8 Å². The van der Waals surface area contributed by atoms with Crippen molar-refractivity contribution >= 4 is 40.9 Å². The van der Waals surface area contributed by atoms with Crippen molar-refractivity contribution in [1.29, 1.82) is 0 Å². The van der Waals surface area contributed by atoms with Gasteiger partial charge in [-0.1, -0.05) is 0 Å². The molecule has 2 aromatic rings. The number of aromatic amines is 1. The van der Waals surface area contributed by atoms with Crippen LogP contribution in [-0.4, -0.2) is 51.6 Å². The average Bonchev–Trinajstić information content (AvgIpc) is 3.18. The summed E-state index contributed by atoms with van der Waals surface area (Å²) in [7, 11) is 0. The minimum Gasteiger partial charge on any atom is -0.460 e. The molecule has 11 nitrogen and oxygen atoms in total. The van der Waals surface area contributed by atoms with Crippen molar-refractivity contribution in [1.82, 2.24) is 15.3 Å². The Labute approximate surface area is 238 Å². The fraction of sp³-hybridized carbons (Fsp3) is 0.607. The third kappa shape index (κ3) is 9.07. The van der Waals surface area contributed by atoms with Crippen LogP contribution in [-0.2, 0) is 31.9 Å². The summed E-state index contributed by atoms with van der Waals surface area (Å²) in [6.07, 6.45) is 2.16. The predicted molar refractivity (Wildman–Crippen MR) is 155 cm³/mol. The summed E-state index contributed by atoms with van der Waals surface area (Å²) < 4.78 is 10.9. The maximum absolute atomic E-state index is 13.2. The number of hydrogen-bond acceptors (Lipinski definition) is 10. The summed E-state index contributed by atoms with van der Waals surface area (Å²) in [5, 5.41) is 5.97. The molecule has 0 fully saturated rings. The zero-order valence-corrected chi connectivity index (χ0v) is 25.2. The molecule has 40 heavy (non-hydrogen) atoms. The zero-order valence-electron chi connectivity index (χ0n) is 24.4. The highest BCUT2D eigenvalue weighted by Gasteiger charge is 2.29. The molecule has 220 valence electrons. The molecule has 0 unspecified atom stereocenters. The molecule has 0 radical (unpaired) electrons. The monoisotopic (exact) mass is 575 g/mol. The molecule has 1 aliphatic rings. The van der Waals surface area contributed by atoms with E-state index in [0.717, 1.165) is 23.3 Å². The fourth-order valence-corrected chi connectivity index (χ4v) is 5.47. The Kier molecular flexibility index (Phi) is 9.65. The summed E-state index contributed by atoms with van der Waals surface area (Å²) in [4.78, 5) is 58.8. The lowest BCUT2D eigenvalue weighted by Crippen LogP contribution is -2.44. The van der Waals surface area contributed by atoms with Crippen molar-refractivity contribution in [3.8, 4) is 0 Å². The summed E-state index contributed by atoms with van der Waals surface area (Å²) in [5.74, 6) is -0.603. The molecule has 3 heterocycles. The number of amides is 1. The van der Waals surface area contributed by atoms with E-state index in [0.29, 0.717) is 29.2 Å². The average molecular weight is 576 g/mol. The highest BCUT2D eigenvalue weighted by molar-refractivity contribution is 7.14. The van der Waals surface area contributed by atoms with Crippen LogP contribution >= 0.6 is 11.3 Å². The van der Waals surface area contributed by atoms with E-state index in [4.69, 9.17) is 15.2 Å². The summed E-state index contributed by atoms with van der Waals surface area (Å²) in [6.45, 7) is 13.2. The summed E-state index contributed by atoms with van der Waals surface area (Å²) in [5.41, 5.74) is 5.60. The van der Waals surface area contributed by atoms with Gasteiger partial charge >= 0.3 is 11.9 Å². The first-order valence-electron chi connectivity index (χ1n) is 13.5. The molecule has 2 aromatic heterocycles. The Morgan fingerprint density at radius 1 is 1.18 bits per heavy atom. The van der Waals surface area contributed by atoms with Gasteiger partial charge in [0, 0.05) is 17.8 Å². The first-order valence-corrected chi connectivity index (χ1v) is 14.3. The van der Waals surface area contributed by atoms with E-state index in [9.17, 15) is 19.2 Å². The van der Waals surface area contributed by atoms with Crippen LogP contribution in [0.25, 0.3) is 0 Å². The maximum atomic E-state index is 13.2. The van der Waals surface area contributed by atoms with Gasteiger partial charge in [0.2, 0.25) is 5.95 Å². The molecule has 2 atom stereocenters. The second-order valence-electron chi connectivity index (χ2n) is 12.2. The minimum atomic E-state index is -1.00. The number of H-pyrrole nitrogens is 1. The van der Waals surface area contributed by atoms with Gasteiger partial charge in [-0.05, 0) is 91.7 Å². The van der Waals surface area contributed by atoms with Gasteiger partial charge < -0.3 is 25.8 Å². The second-order valence-corrected chi connectivity index (χ2v) is 13.3. The number of nitrogen functional groups attached to an aromatic ring is 1. The van der Waals surface area contributed by atoms with Crippen LogP contribution in [0.1, 0.15) is 86.5 Å². The SMILES string of the molecule is Cc1cc(C(=O)N[C@@H](CCC(=O)OC(C)(C)C)C(=O)OC(C)(C)C)sc1CC[C@@H]1CNc2nc(N)[nH]c(=O)c2C1. The molecule has 3 rings (SSSR count). The number of nitrogens with one attached hydrogen (secondary N) is 3. The van der Waals surface area contributed by atoms with Crippen molar-refractivity contribution in [3.63, 3.8) is 0 Å². The molecule has 0 spiro atoms. The molecule has 0 saturated carbocycles. The Morgan fingerprint density at radius 2 is 1.85 bits per heavy atom. The van der Waals surface area contributed by atoms with Gasteiger partial charge in [-0.3, -0.25) is 19.4 Å². The molecule has 1 aliphatic heterocycles. The third-order valence-electron chi connectivity index (χ3n) is 6.16. The summed E-state index contributed by atoms with van der Waals surface area (Å²) >= 11 is 1.37. The van der Waals surface area contributed by atoms with E-state index in [1.807, 2.05) is 6.92 Å². The smallest absolute Gasteiger partial charge is 0.329 e. The number of aryl methyl sites for hydroxylation is 2. The largest absolute Gasteiger partial charge is 0.460 e. The molecule has 5 N–H and O–H groups in total. The molecule has 12 heteroatoms. The minimum absolute atomic E-state index is 0.0420. The van der Waals surface area contributed by atoms with Crippen LogP contribution < -0.4 is 21.9 Å². The Balaban J connectivity index is 1.64. The van der Waals surface area contributed by atoms with Crippen LogP contribution in [0.3, 0.4) is 0 Å². The van der Waals surface area contributed by atoms with E-state index in [-0.39, 0.29) is 30.3 Å². The molecule has 1 amide bonds. The fourth-order valence-electron chi connectivity index (χ4n) is 4.38. The van der Waals surface area contributed by atoms with Crippen molar-refractivity contribution < 1.29 is 23.9 Å². The van der Waals surface area contributed by atoms with Crippen LogP contribution in [0.5, 0.6) is 0 Å². The number of hydrogen-bond donors (Lipinski definition) is 4. The Bertz CT molecular complexity index is 1300. The van der Waals surface area contributed by atoms with Gasteiger partial charge in [0.05, 0.1) is 10.4 Å². The predicted octanol–water partition coefficient (Wildman–Crippen LogP) is 3.50. The number of nitrogens with zero attached hydrogens (tertiary/aromatic N) is 1. The van der Waals surface area contributed by atoms with Crippen molar-refractivity contribution in [2.75, 3.05) is 17.6 Å².